The molecule has 2 N–H and O–H groups in total. The van der Waals surface area contributed by atoms with Crippen LogP contribution in [0, 0.1) is 5.82 Å². The summed E-state index contributed by atoms with van der Waals surface area (Å²) in [6.07, 6.45) is 0.820. The van der Waals surface area contributed by atoms with E-state index in [0.717, 1.165) is 6.42 Å². The average molecular weight is 303 g/mol. The van der Waals surface area contributed by atoms with E-state index in [-0.39, 0.29) is 5.56 Å². The number of carbonyl (C=O) groups excluding carboxylic acids is 1. The number of ether oxygens (including phenoxy) is 2. The number of amides is 1. The minimum atomic E-state index is -0.587. The minimum absolute atomic E-state index is 0.272. The molecule has 0 fully saturated rings. The predicted molar refractivity (Wildman–Crippen MR) is 82.7 cm³/mol. The fourth-order valence-electron chi connectivity index (χ4n) is 2.09. The van der Waals surface area contributed by atoms with E-state index in [4.69, 9.17) is 15.2 Å². The molecule has 2 aromatic carbocycles. The summed E-state index contributed by atoms with van der Waals surface area (Å²) in [4.78, 5) is 11.6. The zero-order valence-electron chi connectivity index (χ0n) is 12.6. The molecule has 0 unspecified atom stereocenters. The number of nitrogens with two attached hydrogens (primary N) is 1. The van der Waals surface area contributed by atoms with Crippen molar-refractivity contribution in [2.45, 2.75) is 13.3 Å². The second kappa shape index (κ2) is 6.93. The van der Waals surface area contributed by atoms with Crippen molar-refractivity contribution in [3.05, 3.63) is 47.8 Å². The van der Waals surface area contributed by atoms with E-state index in [9.17, 15) is 9.18 Å². The fraction of sp³-hybridized carbons (Fsp3) is 0.235. The normalized spacial score (nSPS) is 10.3. The van der Waals surface area contributed by atoms with Gasteiger partial charge in [-0.05, 0) is 41.8 Å². The van der Waals surface area contributed by atoms with E-state index in [1.54, 1.807) is 24.3 Å². The van der Waals surface area contributed by atoms with E-state index in [2.05, 4.69) is 0 Å². The zero-order chi connectivity index (χ0) is 16.1. The molecule has 0 atom stereocenters. The molecule has 0 spiro atoms. The van der Waals surface area contributed by atoms with Gasteiger partial charge in [-0.2, -0.15) is 0 Å². The highest BCUT2D eigenvalue weighted by molar-refractivity contribution is 5.97. The maximum atomic E-state index is 13.6. The molecule has 0 saturated heterocycles. The van der Waals surface area contributed by atoms with Crippen molar-refractivity contribution in [2.75, 3.05) is 13.7 Å². The van der Waals surface area contributed by atoms with Gasteiger partial charge in [-0.25, -0.2) is 4.39 Å². The summed E-state index contributed by atoms with van der Waals surface area (Å²) in [6.45, 7) is 2.46. The predicted octanol–water partition coefficient (Wildman–Crippen LogP) is 3.39. The molecule has 4 nitrogen and oxygen atoms in total. The Morgan fingerprint density at radius 2 is 1.95 bits per heavy atom. The van der Waals surface area contributed by atoms with Crippen LogP contribution >= 0.6 is 0 Å². The van der Waals surface area contributed by atoms with Crippen molar-refractivity contribution in [1.82, 2.24) is 0 Å². The Hall–Kier alpha value is -2.56. The van der Waals surface area contributed by atoms with Gasteiger partial charge < -0.3 is 15.2 Å². The van der Waals surface area contributed by atoms with E-state index >= 15 is 0 Å². The fourth-order valence-corrected chi connectivity index (χ4v) is 2.09. The van der Waals surface area contributed by atoms with Crippen molar-refractivity contribution in [2.24, 2.45) is 5.73 Å². The van der Waals surface area contributed by atoms with Crippen LogP contribution in [-0.2, 0) is 0 Å². The standard InChI is InChI=1S/C17H18FNO3/c1-3-6-22-16-5-4-11(9-15(16)17(19)20)12-7-13(18)10-14(8-12)21-2/h4-5,7-10H,3,6H2,1-2H3,(H2,19,20). The molecule has 22 heavy (non-hydrogen) atoms. The second-order valence-electron chi connectivity index (χ2n) is 4.80. The monoisotopic (exact) mass is 303 g/mol. The number of hydrogen-bond acceptors (Lipinski definition) is 3. The molecule has 0 aliphatic rings. The molecule has 5 heteroatoms. The highest BCUT2D eigenvalue weighted by Crippen LogP contribution is 2.29. The van der Waals surface area contributed by atoms with Gasteiger partial charge >= 0.3 is 0 Å². The third-order valence-corrected chi connectivity index (χ3v) is 3.15. The highest BCUT2D eigenvalue weighted by atomic mass is 19.1. The number of methoxy groups -OCH3 is 1. The summed E-state index contributed by atoms with van der Waals surface area (Å²) >= 11 is 0. The summed E-state index contributed by atoms with van der Waals surface area (Å²) in [5, 5.41) is 0. The Kier molecular flexibility index (Phi) is 4.99. The Balaban J connectivity index is 2.46. The maximum absolute atomic E-state index is 13.6. The van der Waals surface area contributed by atoms with Crippen LogP contribution in [0.4, 0.5) is 4.39 Å². The van der Waals surface area contributed by atoms with Crippen LogP contribution in [0.25, 0.3) is 11.1 Å². The van der Waals surface area contributed by atoms with Gasteiger partial charge in [0.25, 0.3) is 5.91 Å². The highest BCUT2D eigenvalue weighted by Gasteiger charge is 2.12. The van der Waals surface area contributed by atoms with Gasteiger partial charge in [0.1, 0.15) is 17.3 Å². The van der Waals surface area contributed by atoms with Crippen LogP contribution in [0.15, 0.2) is 36.4 Å². The zero-order valence-corrected chi connectivity index (χ0v) is 12.6. The van der Waals surface area contributed by atoms with Crippen molar-refractivity contribution in [3.8, 4) is 22.6 Å². The smallest absolute Gasteiger partial charge is 0.252 e. The molecular weight excluding hydrogens is 285 g/mol. The van der Waals surface area contributed by atoms with Crippen LogP contribution in [0.1, 0.15) is 23.7 Å². The van der Waals surface area contributed by atoms with Gasteiger partial charge in [-0.1, -0.05) is 13.0 Å². The van der Waals surface area contributed by atoms with E-state index < -0.39 is 11.7 Å². The maximum Gasteiger partial charge on any atom is 0.252 e. The van der Waals surface area contributed by atoms with E-state index in [1.807, 2.05) is 6.92 Å². The van der Waals surface area contributed by atoms with E-state index in [1.165, 1.54) is 19.2 Å². The number of carbonyl (C=O) groups is 1. The van der Waals surface area contributed by atoms with Crippen molar-refractivity contribution in [1.29, 1.82) is 0 Å². The largest absolute Gasteiger partial charge is 0.497 e. The third kappa shape index (κ3) is 3.55. The molecule has 0 saturated carbocycles. The van der Waals surface area contributed by atoms with Gasteiger partial charge in [-0.3, -0.25) is 4.79 Å². The van der Waals surface area contributed by atoms with E-state index in [0.29, 0.717) is 29.2 Å². The van der Waals surface area contributed by atoms with Gasteiger partial charge in [0.05, 0.1) is 19.3 Å². The molecule has 2 aromatic rings. The first-order chi connectivity index (χ1) is 10.5. The Morgan fingerprint density at radius 3 is 2.59 bits per heavy atom. The number of rotatable bonds is 6. The molecule has 0 aromatic heterocycles. The van der Waals surface area contributed by atoms with Crippen molar-refractivity contribution >= 4 is 5.91 Å². The Morgan fingerprint density at radius 1 is 1.18 bits per heavy atom. The summed E-state index contributed by atoms with van der Waals surface area (Å²) < 4.78 is 24.2. The van der Waals surface area contributed by atoms with Crippen molar-refractivity contribution < 1.29 is 18.7 Å². The summed E-state index contributed by atoms with van der Waals surface area (Å²) in [5.74, 6) is -0.166. The van der Waals surface area contributed by atoms with Crippen LogP contribution in [0.5, 0.6) is 11.5 Å². The molecule has 0 heterocycles. The quantitative estimate of drug-likeness (QED) is 0.889. The lowest BCUT2D eigenvalue weighted by Gasteiger charge is -2.11. The number of primary amides is 1. The second-order valence-corrected chi connectivity index (χ2v) is 4.80. The van der Waals surface area contributed by atoms with Gasteiger partial charge in [0, 0.05) is 6.07 Å². The van der Waals surface area contributed by atoms with Crippen molar-refractivity contribution in [3.63, 3.8) is 0 Å². The SMILES string of the molecule is CCCOc1ccc(-c2cc(F)cc(OC)c2)cc1C(N)=O. The van der Waals surface area contributed by atoms with Crippen LogP contribution in [-0.4, -0.2) is 19.6 Å². The summed E-state index contributed by atoms with van der Waals surface area (Å²) in [5.41, 5.74) is 6.93. The third-order valence-electron chi connectivity index (χ3n) is 3.15. The van der Waals surface area contributed by atoms with Gasteiger partial charge in [0.15, 0.2) is 0 Å². The lowest BCUT2D eigenvalue weighted by atomic mass is 10.0. The first-order valence-corrected chi connectivity index (χ1v) is 6.96. The van der Waals surface area contributed by atoms with Crippen LogP contribution in [0.2, 0.25) is 0 Å². The molecule has 0 aliphatic heterocycles. The van der Waals surface area contributed by atoms with Gasteiger partial charge in [-0.15, -0.1) is 0 Å². The minimum Gasteiger partial charge on any atom is -0.497 e. The Labute approximate surface area is 128 Å². The molecule has 116 valence electrons. The molecule has 0 bridgehead atoms. The molecule has 1 amide bonds. The van der Waals surface area contributed by atoms with Crippen LogP contribution in [0.3, 0.4) is 0 Å². The number of halogens is 1. The lowest BCUT2D eigenvalue weighted by Crippen LogP contribution is -2.13. The van der Waals surface area contributed by atoms with Gasteiger partial charge in [0.2, 0.25) is 0 Å². The first-order valence-electron chi connectivity index (χ1n) is 6.96. The number of benzene rings is 2. The summed E-state index contributed by atoms with van der Waals surface area (Å²) in [7, 11) is 1.47. The molecule has 0 radical (unpaired) electrons. The first kappa shape index (κ1) is 15.8. The molecular formula is C17H18FNO3. The molecule has 2 rings (SSSR count). The average Bonchev–Trinajstić information content (AvgIpc) is 2.51. The lowest BCUT2D eigenvalue weighted by molar-refractivity contribution is 0.0996. The summed E-state index contributed by atoms with van der Waals surface area (Å²) in [6, 6.07) is 9.37. The number of hydrogen-bond donors (Lipinski definition) is 1. The Bertz CT molecular complexity index is 686. The van der Waals surface area contributed by atoms with Crippen LogP contribution < -0.4 is 15.2 Å². The molecule has 0 aliphatic carbocycles. The topological polar surface area (TPSA) is 61.6 Å².